The molecular formula is C18H26N2O. The standard InChI is InChI=1S/C18H26N2O/c1-13-5-2-3-6-16(13)12-20-18(21)15-8-9-17-14(11-15)7-4-10-19-17/h8-9,11,13,16,19H,2-7,10,12H2,1H3,(H,20,21). The minimum absolute atomic E-state index is 0.0844. The van der Waals surface area contributed by atoms with E-state index in [-0.39, 0.29) is 5.91 Å². The summed E-state index contributed by atoms with van der Waals surface area (Å²) in [5.41, 5.74) is 3.28. The smallest absolute Gasteiger partial charge is 0.251 e. The molecule has 3 heteroatoms. The quantitative estimate of drug-likeness (QED) is 0.891. The molecule has 2 atom stereocenters. The maximum absolute atomic E-state index is 12.3. The van der Waals surface area contributed by atoms with E-state index in [0.717, 1.165) is 37.4 Å². The van der Waals surface area contributed by atoms with Gasteiger partial charge in [0.15, 0.2) is 0 Å². The van der Waals surface area contributed by atoms with Gasteiger partial charge in [-0.05, 0) is 54.9 Å². The van der Waals surface area contributed by atoms with Crippen molar-refractivity contribution in [3.63, 3.8) is 0 Å². The molecular weight excluding hydrogens is 260 g/mol. The molecule has 1 aliphatic carbocycles. The van der Waals surface area contributed by atoms with Gasteiger partial charge in [0, 0.05) is 24.3 Å². The summed E-state index contributed by atoms with van der Waals surface area (Å²) in [5.74, 6) is 1.48. The Bertz CT molecular complexity index is 512. The molecule has 2 aliphatic rings. The van der Waals surface area contributed by atoms with Crippen LogP contribution in [0.15, 0.2) is 18.2 Å². The highest BCUT2D eigenvalue weighted by molar-refractivity contribution is 5.95. The van der Waals surface area contributed by atoms with Crippen molar-refractivity contribution in [3.8, 4) is 0 Å². The van der Waals surface area contributed by atoms with Gasteiger partial charge in [-0.1, -0.05) is 26.2 Å². The molecule has 2 N–H and O–H groups in total. The Hall–Kier alpha value is -1.51. The first-order chi connectivity index (χ1) is 10.2. The Morgan fingerprint density at radius 3 is 3.00 bits per heavy atom. The number of rotatable bonds is 3. The van der Waals surface area contributed by atoms with Gasteiger partial charge >= 0.3 is 0 Å². The Labute approximate surface area is 127 Å². The van der Waals surface area contributed by atoms with Crippen molar-refractivity contribution in [1.29, 1.82) is 0 Å². The van der Waals surface area contributed by atoms with Crippen LogP contribution in [0.3, 0.4) is 0 Å². The first-order valence-electron chi connectivity index (χ1n) is 8.39. The first-order valence-corrected chi connectivity index (χ1v) is 8.39. The van der Waals surface area contributed by atoms with Crippen LogP contribution in [0.4, 0.5) is 5.69 Å². The molecule has 3 rings (SSSR count). The molecule has 0 bridgehead atoms. The number of amides is 1. The minimum Gasteiger partial charge on any atom is -0.385 e. The van der Waals surface area contributed by atoms with E-state index in [1.165, 1.54) is 36.9 Å². The summed E-state index contributed by atoms with van der Waals surface area (Å²) in [4.78, 5) is 12.3. The van der Waals surface area contributed by atoms with E-state index in [0.29, 0.717) is 5.92 Å². The summed E-state index contributed by atoms with van der Waals surface area (Å²) in [6.07, 6.45) is 7.46. The van der Waals surface area contributed by atoms with E-state index < -0.39 is 0 Å². The summed E-state index contributed by atoms with van der Waals surface area (Å²) in [6, 6.07) is 6.05. The zero-order chi connectivity index (χ0) is 14.7. The molecule has 1 aromatic rings. The lowest BCUT2D eigenvalue weighted by Gasteiger charge is -2.28. The number of aryl methyl sites for hydroxylation is 1. The lowest BCUT2D eigenvalue weighted by Crippen LogP contribution is -2.33. The van der Waals surface area contributed by atoms with Crippen LogP contribution in [0.25, 0.3) is 0 Å². The number of carbonyl (C=O) groups excluding carboxylic acids is 1. The van der Waals surface area contributed by atoms with Crippen molar-refractivity contribution in [1.82, 2.24) is 5.32 Å². The lowest BCUT2D eigenvalue weighted by molar-refractivity contribution is 0.0936. The van der Waals surface area contributed by atoms with E-state index in [1.807, 2.05) is 12.1 Å². The summed E-state index contributed by atoms with van der Waals surface area (Å²) >= 11 is 0. The van der Waals surface area contributed by atoms with Crippen molar-refractivity contribution in [2.24, 2.45) is 11.8 Å². The van der Waals surface area contributed by atoms with Gasteiger partial charge in [0.25, 0.3) is 5.91 Å². The fourth-order valence-electron chi connectivity index (χ4n) is 3.64. The van der Waals surface area contributed by atoms with E-state index in [2.05, 4.69) is 23.6 Å². The Morgan fingerprint density at radius 2 is 2.14 bits per heavy atom. The molecule has 1 aromatic carbocycles. The van der Waals surface area contributed by atoms with Gasteiger partial charge in [-0.25, -0.2) is 0 Å². The molecule has 21 heavy (non-hydrogen) atoms. The number of anilines is 1. The fourth-order valence-corrected chi connectivity index (χ4v) is 3.64. The molecule has 1 heterocycles. The number of fused-ring (bicyclic) bond motifs is 1. The predicted molar refractivity (Wildman–Crippen MR) is 86.7 cm³/mol. The van der Waals surface area contributed by atoms with Crippen LogP contribution >= 0.6 is 0 Å². The van der Waals surface area contributed by atoms with Gasteiger partial charge in [-0.15, -0.1) is 0 Å². The molecule has 2 unspecified atom stereocenters. The van der Waals surface area contributed by atoms with E-state index in [9.17, 15) is 4.79 Å². The molecule has 114 valence electrons. The molecule has 0 radical (unpaired) electrons. The second-order valence-corrected chi connectivity index (χ2v) is 6.63. The SMILES string of the molecule is CC1CCCCC1CNC(=O)c1ccc2c(c1)CCCN2. The topological polar surface area (TPSA) is 41.1 Å². The average molecular weight is 286 g/mol. The third-order valence-corrected chi connectivity index (χ3v) is 5.12. The van der Waals surface area contributed by atoms with Crippen LogP contribution in [0, 0.1) is 11.8 Å². The van der Waals surface area contributed by atoms with Gasteiger partial charge in [-0.3, -0.25) is 4.79 Å². The number of hydrogen-bond acceptors (Lipinski definition) is 2. The van der Waals surface area contributed by atoms with E-state index in [1.54, 1.807) is 0 Å². The Morgan fingerprint density at radius 1 is 1.29 bits per heavy atom. The van der Waals surface area contributed by atoms with Crippen LogP contribution in [0.1, 0.15) is 54.9 Å². The normalized spacial score (nSPS) is 24.8. The van der Waals surface area contributed by atoms with Gasteiger partial charge in [0.2, 0.25) is 0 Å². The van der Waals surface area contributed by atoms with E-state index in [4.69, 9.17) is 0 Å². The number of hydrogen-bond donors (Lipinski definition) is 2. The minimum atomic E-state index is 0.0844. The van der Waals surface area contributed by atoms with Crippen LogP contribution in [-0.4, -0.2) is 19.0 Å². The lowest BCUT2D eigenvalue weighted by atomic mass is 9.80. The number of benzene rings is 1. The zero-order valence-electron chi connectivity index (χ0n) is 13.0. The highest BCUT2D eigenvalue weighted by Gasteiger charge is 2.22. The van der Waals surface area contributed by atoms with Crippen molar-refractivity contribution in [3.05, 3.63) is 29.3 Å². The highest BCUT2D eigenvalue weighted by Crippen LogP contribution is 2.29. The van der Waals surface area contributed by atoms with Gasteiger partial charge in [0.05, 0.1) is 0 Å². The van der Waals surface area contributed by atoms with Crippen molar-refractivity contribution < 1.29 is 4.79 Å². The maximum Gasteiger partial charge on any atom is 0.251 e. The molecule has 1 fully saturated rings. The monoisotopic (exact) mass is 286 g/mol. The van der Waals surface area contributed by atoms with E-state index >= 15 is 0 Å². The largest absolute Gasteiger partial charge is 0.385 e. The molecule has 1 saturated carbocycles. The second kappa shape index (κ2) is 6.50. The van der Waals surface area contributed by atoms with Crippen LogP contribution in [0.5, 0.6) is 0 Å². The second-order valence-electron chi connectivity index (χ2n) is 6.63. The molecule has 3 nitrogen and oxygen atoms in total. The summed E-state index contributed by atoms with van der Waals surface area (Å²) in [6.45, 7) is 4.19. The predicted octanol–water partition coefficient (Wildman–Crippen LogP) is 3.60. The van der Waals surface area contributed by atoms with Crippen LogP contribution in [0.2, 0.25) is 0 Å². The summed E-state index contributed by atoms with van der Waals surface area (Å²) in [5, 5.41) is 6.53. The first kappa shape index (κ1) is 14.4. The fraction of sp³-hybridized carbons (Fsp3) is 0.611. The maximum atomic E-state index is 12.3. The molecule has 1 aliphatic heterocycles. The number of nitrogens with one attached hydrogen (secondary N) is 2. The molecule has 0 spiro atoms. The summed E-state index contributed by atoms with van der Waals surface area (Å²) in [7, 11) is 0. The van der Waals surface area contributed by atoms with Gasteiger partial charge < -0.3 is 10.6 Å². The highest BCUT2D eigenvalue weighted by atomic mass is 16.1. The molecule has 1 amide bonds. The van der Waals surface area contributed by atoms with Crippen LogP contribution in [-0.2, 0) is 6.42 Å². The third-order valence-electron chi connectivity index (χ3n) is 5.12. The Balaban J connectivity index is 1.60. The Kier molecular flexibility index (Phi) is 4.47. The average Bonchev–Trinajstić information content (AvgIpc) is 2.53. The van der Waals surface area contributed by atoms with Gasteiger partial charge in [0.1, 0.15) is 0 Å². The number of carbonyl (C=O) groups is 1. The third kappa shape index (κ3) is 3.39. The summed E-state index contributed by atoms with van der Waals surface area (Å²) < 4.78 is 0. The zero-order valence-corrected chi connectivity index (χ0v) is 13.0. The molecule has 0 aromatic heterocycles. The van der Waals surface area contributed by atoms with Crippen molar-refractivity contribution >= 4 is 11.6 Å². The van der Waals surface area contributed by atoms with Crippen LogP contribution < -0.4 is 10.6 Å². The van der Waals surface area contributed by atoms with Gasteiger partial charge in [-0.2, -0.15) is 0 Å². The van der Waals surface area contributed by atoms with Crippen molar-refractivity contribution in [2.45, 2.75) is 45.4 Å². The van der Waals surface area contributed by atoms with Crippen molar-refractivity contribution in [2.75, 3.05) is 18.4 Å². The molecule has 0 saturated heterocycles.